The van der Waals surface area contributed by atoms with Crippen molar-refractivity contribution < 1.29 is 8.78 Å². The number of nitrogens with one attached hydrogen (secondary N) is 1. The molecular formula is C17H16F2N2. The predicted octanol–water partition coefficient (Wildman–Crippen LogP) is 3.66. The molecule has 0 radical (unpaired) electrons. The number of benzene rings is 2. The second-order valence-corrected chi connectivity index (χ2v) is 5.39. The normalized spacial score (nSPS) is 13.7. The lowest BCUT2D eigenvalue weighted by Crippen LogP contribution is -2.26. The second kappa shape index (κ2) is 5.28. The number of nitrogens with zero attached hydrogens (tertiary/aromatic N) is 1. The molecular weight excluding hydrogens is 270 g/mol. The lowest BCUT2D eigenvalue weighted by atomic mass is 10.1. The first kappa shape index (κ1) is 13.7. The van der Waals surface area contributed by atoms with Crippen LogP contribution >= 0.6 is 0 Å². The minimum atomic E-state index is -0.310. The lowest BCUT2D eigenvalue weighted by molar-refractivity contribution is 0.432. The van der Waals surface area contributed by atoms with Gasteiger partial charge in [0.25, 0.3) is 0 Å². The van der Waals surface area contributed by atoms with E-state index in [-0.39, 0.29) is 11.6 Å². The highest BCUT2D eigenvalue weighted by molar-refractivity contribution is 6.00. The number of aryl methyl sites for hydroxylation is 1. The summed E-state index contributed by atoms with van der Waals surface area (Å²) in [5.74, 6) is -0.174. The fourth-order valence-electron chi connectivity index (χ4n) is 2.75. The third kappa shape index (κ3) is 2.66. The average Bonchev–Trinajstić information content (AvgIpc) is 2.75. The molecule has 1 aliphatic heterocycles. The monoisotopic (exact) mass is 286 g/mol. The summed E-state index contributed by atoms with van der Waals surface area (Å²) in [6.07, 6.45) is 0.741. The van der Waals surface area contributed by atoms with Crippen LogP contribution in [-0.2, 0) is 13.0 Å². The van der Waals surface area contributed by atoms with Gasteiger partial charge >= 0.3 is 0 Å². The lowest BCUT2D eigenvalue weighted by Gasteiger charge is -2.18. The van der Waals surface area contributed by atoms with Crippen LogP contribution in [0.2, 0.25) is 0 Å². The van der Waals surface area contributed by atoms with Crippen LogP contribution in [0.15, 0.2) is 36.4 Å². The van der Waals surface area contributed by atoms with Gasteiger partial charge in [-0.15, -0.1) is 0 Å². The van der Waals surface area contributed by atoms with Crippen LogP contribution in [0.4, 0.5) is 8.78 Å². The summed E-state index contributed by atoms with van der Waals surface area (Å²) < 4.78 is 26.3. The number of amidine groups is 1. The van der Waals surface area contributed by atoms with E-state index in [1.165, 1.54) is 24.3 Å². The van der Waals surface area contributed by atoms with Crippen molar-refractivity contribution in [1.82, 2.24) is 4.90 Å². The topological polar surface area (TPSA) is 27.1 Å². The van der Waals surface area contributed by atoms with Gasteiger partial charge in [0.1, 0.15) is 17.5 Å². The Hall–Kier alpha value is -2.23. The highest BCUT2D eigenvalue weighted by Gasteiger charge is 2.24. The van der Waals surface area contributed by atoms with Gasteiger partial charge in [-0.3, -0.25) is 5.41 Å². The van der Waals surface area contributed by atoms with Crippen LogP contribution < -0.4 is 0 Å². The molecule has 4 heteroatoms. The summed E-state index contributed by atoms with van der Waals surface area (Å²) in [5.41, 5.74) is 3.65. The summed E-state index contributed by atoms with van der Waals surface area (Å²) in [5, 5.41) is 8.14. The molecule has 0 atom stereocenters. The van der Waals surface area contributed by atoms with Crippen LogP contribution in [0.5, 0.6) is 0 Å². The minimum Gasteiger partial charge on any atom is -0.352 e. The minimum absolute atomic E-state index is 0.229. The Bertz CT molecular complexity index is 710. The Morgan fingerprint density at radius 1 is 1.10 bits per heavy atom. The first-order chi connectivity index (χ1) is 10.0. The van der Waals surface area contributed by atoms with E-state index >= 15 is 0 Å². The van der Waals surface area contributed by atoms with Crippen LogP contribution in [0.1, 0.15) is 22.3 Å². The van der Waals surface area contributed by atoms with Gasteiger partial charge in [0.05, 0.1) is 0 Å². The Labute approximate surface area is 122 Å². The van der Waals surface area contributed by atoms with Crippen molar-refractivity contribution in [2.75, 3.05) is 6.54 Å². The maximum absolute atomic E-state index is 13.3. The zero-order valence-corrected chi connectivity index (χ0v) is 11.8. The molecule has 0 fully saturated rings. The first-order valence-electron chi connectivity index (χ1n) is 6.92. The number of hydrogen-bond donors (Lipinski definition) is 1. The maximum Gasteiger partial charge on any atom is 0.128 e. The largest absolute Gasteiger partial charge is 0.352 e. The van der Waals surface area contributed by atoms with Crippen LogP contribution in [0.3, 0.4) is 0 Å². The van der Waals surface area contributed by atoms with Crippen molar-refractivity contribution >= 4 is 5.84 Å². The molecule has 0 aliphatic carbocycles. The molecule has 0 saturated heterocycles. The molecule has 0 bridgehead atoms. The van der Waals surface area contributed by atoms with Gasteiger partial charge in [-0.2, -0.15) is 0 Å². The van der Waals surface area contributed by atoms with Crippen molar-refractivity contribution in [3.63, 3.8) is 0 Å². The molecule has 21 heavy (non-hydrogen) atoms. The van der Waals surface area contributed by atoms with E-state index < -0.39 is 0 Å². The molecule has 2 aromatic carbocycles. The second-order valence-electron chi connectivity index (χ2n) is 5.39. The Morgan fingerprint density at radius 2 is 1.81 bits per heavy atom. The average molecular weight is 286 g/mol. The molecule has 1 heterocycles. The number of halogens is 2. The van der Waals surface area contributed by atoms with Gasteiger partial charge in [0, 0.05) is 18.7 Å². The summed E-state index contributed by atoms with van der Waals surface area (Å²) in [4.78, 5) is 1.92. The summed E-state index contributed by atoms with van der Waals surface area (Å²) in [6, 6.07) is 9.36. The number of rotatable bonds is 3. The van der Waals surface area contributed by atoms with Gasteiger partial charge in [-0.05, 0) is 54.3 Å². The third-order valence-corrected chi connectivity index (χ3v) is 3.96. The van der Waals surface area contributed by atoms with Gasteiger partial charge in [-0.25, -0.2) is 8.78 Å². The third-order valence-electron chi connectivity index (χ3n) is 3.96. The van der Waals surface area contributed by atoms with Crippen molar-refractivity contribution in [1.29, 1.82) is 5.41 Å². The number of fused-ring (bicyclic) bond motifs is 1. The van der Waals surface area contributed by atoms with E-state index in [4.69, 9.17) is 5.41 Å². The van der Waals surface area contributed by atoms with E-state index in [1.54, 1.807) is 12.1 Å². The van der Waals surface area contributed by atoms with Gasteiger partial charge in [-0.1, -0.05) is 12.1 Å². The highest BCUT2D eigenvalue weighted by atomic mass is 19.1. The molecule has 3 rings (SSSR count). The zero-order valence-electron chi connectivity index (χ0n) is 11.8. The Balaban J connectivity index is 1.72. The number of hydrogen-bond acceptors (Lipinski definition) is 1. The van der Waals surface area contributed by atoms with Crippen molar-refractivity contribution in [3.8, 4) is 0 Å². The van der Waals surface area contributed by atoms with Crippen LogP contribution in [-0.4, -0.2) is 17.3 Å². The molecule has 0 spiro atoms. The standard InChI is InChI=1S/C17H16F2N2/c1-11-8-14(18)4-2-12(11)6-7-21-10-13-3-5-15(19)9-16(13)17(21)20/h2-5,8-9,20H,6-7,10H2,1H3. The summed E-state index contributed by atoms with van der Waals surface area (Å²) >= 11 is 0. The quantitative estimate of drug-likeness (QED) is 0.916. The first-order valence-corrected chi connectivity index (χ1v) is 6.92. The van der Waals surface area contributed by atoms with Gasteiger partial charge in [0.15, 0.2) is 0 Å². The molecule has 1 aliphatic rings. The molecule has 2 nitrogen and oxygen atoms in total. The van der Waals surface area contributed by atoms with Crippen LogP contribution in [0, 0.1) is 24.0 Å². The fourth-order valence-corrected chi connectivity index (χ4v) is 2.75. The molecule has 2 aromatic rings. The van der Waals surface area contributed by atoms with Gasteiger partial charge in [0.2, 0.25) is 0 Å². The van der Waals surface area contributed by atoms with E-state index in [1.807, 2.05) is 11.8 Å². The van der Waals surface area contributed by atoms with Crippen LogP contribution in [0.25, 0.3) is 0 Å². The molecule has 1 N–H and O–H groups in total. The zero-order chi connectivity index (χ0) is 15.0. The molecule has 0 unspecified atom stereocenters. The highest BCUT2D eigenvalue weighted by Crippen LogP contribution is 2.24. The van der Waals surface area contributed by atoms with Crippen molar-refractivity contribution in [2.24, 2.45) is 0 Å². The van der Waals surface area contributed by atoms with Crippen molar-refractivity contribution in [3.05, 3.63) is 70.3 Å². The molecule has 108 valence electrons. The molecule has 0 aromatic heterocycles. The molecule has 0 saturated carbocycles. The SMILES string of the molecule is Cc1cc(F)ccc1CCN1Cc2ccc(F)cc2C1=N. The summed E-state index contributed by atoms with van der Waals surface area (Å²) in [6.45, 7) is 3.19. The van der Waals surface area contributed by atoms with Gasteiger partial charge < -0.3 is 4.90 Å². The van der Waals surface area contributed by atoms with E-state index in [0.29, 0.717) is 24.5 Å². The smallest absolute Gasteiger partial charge is 0.128 e. The molecule has 0 amide bonds. The Morgan fingerprint density at radius 3 is 2.57 bits per heavy atom. The van der Waals surface area contributed by atoms with E-state index in [2.05, 4.69) is 0 Å². The van der Waals surface area contributed by atoms with E-state index in [0.717, 1.165) is 23.1 Å². The maximum atomic E-state index is 13.3. The van der Waals surface area contributed by atoms with Crippen molar-refractivity contribution in [2.45, 2.75) is 19.9 Å². The Kier molecular flexibility index (Phi) is 3.45. The van der Waals surface area contributed by atoms with E-state index in [9.17, 15) is 8.78 Å². The predicted molar refractivity (Wildman–Crippen MR) is 78.5 cm³/mol. The fraction of sp³-hybridized carbons (Fsp3) is 0.235. The summed E-state index contributed by atoms with van der Waals surface area (Å²) in [7, 11) is 0.